The molecular formula is C20H19N3O2. The molecule has 5 nitrogen and oxygen atoms in total. The van der Waals surface area contributed by atoms with E-state index in [0.29, 0.717) is 12.2 Å². The Balaban J connectivity index is 1.83. The number of rotatable bonds is 6. The van der Waals surface area contributed by atoms with E-state index in [-0.39, 0.29) is 18.2 Å². The summed E-state index contributed by atoms with van der Waals surface area (Å²) in [5, 5.41) is 13.9. The Bertz CT molecular complexity index is 818. The van der Waals surface area contributed by atoms with Gasteiger partial charge >= 0.3 is 0 Å². The normalized spacial score (nSPS) is 10.2. The highest BCUT2D eigenvalue weighted by Crippen LogP contribution is 2.10. The first-order chi connectivity index (χ1) is 12.1. The predicted molar refractivity (Wildman–Crippen MR) is 97.4 cm³/mol. The number of aryl methyl sites for hydroxylation is 1. The van der Waals surface area contributed by atoms with Crippen LogP contribution in [-0.2, 0) is 16.1 Å². The zero-order chi connectivity index (χ0) is 18.1. The fourth-order valence-electron chi connectivity index (χ4n) is 2.18. The van der Waals surface area contributed by atoms with Gasteiger partial charge in [0.15, 0.2) is 0 Å². The summed E-state index contributed by atoms with van der Waals surface area (Å²) in [5.41, 5.74) is 3.65. The van der Waals surface area contributed by atoms with E-state index < -0.39 is 0 Å². The minimum absolute atomic E-state index is 0.173. The van der Waals surface area contributed by atoms with E-state index in [9.17, 15) is 9.59 Å². The largest absolute Gasteiger partial charge is 0.348 e. The lowest BCUT2D eigenvalue weighted by molar-refractivity contribution is -0.117. The summed E-state index contributed by atoms with van der Waals surface area (Å²) in [6.45, 7) is 2.40. The molecule has 0 aromatic heterocycles. The van der Waals surface area contributed by atoms with Crippen molar-refractivity contribution in [1.29, 1.82) is 5.26 Å². The lowest BCUT2D eigenvalue weighted by atomic mass is 10.1. The van der Waals surface area contributed by atoms with Crippen molar-refractivity contribution in [3.63, 3.8) is 0 Å². The minimum Gasteiger partial charge on any atom is -0.348 e. The van der Waals surface area contributed by atoms with Gasteiger partial charge in [0.05, 0.1) is 6.07 Å². The maximum absolute atomic E-state index is 11.9. The smallest absolute Gasteiger partial charge is 0.244 e. The van der Waals surface area contributed by atoms with E-state index in [1.165, 1.54) is 6.08 Å². The van der Waals surface area contributed by atoms with Gasteiger partial charge in [-0.2, -0.15) is 5.26 Å². The van der Waals surface area contributed by atoms with Crippen LogP contribution in [0.4, 0.5) is 5.69 Å². The zero-order valence-corrected chi connectivity index (χ0v) is 14.0. The molecule has 0 radical (unpaired) electrons. The number of anilines is 1. The Labute approximate surface area is 147 Å². The molecule has 0 saturated carbocycles. The van der Waals surface area contributed by atoms with Crippen LogP contribution in [0.1, 0.15) is 23.1 Å². The van der Waals surface area contributed by atoms with Crippen molar-refractivity contribution in [3.05, 3.63) is 71.3 Å². The van der Waals surface area contributed by atoms with Crippen LogP contribution in [0.2, 0.25) is 0 Å². The third-order valence-corrected chi connectivity index (χ3v) is 3.41. The number of hydrogen-bond donors (Lipinski definition) is 2. The molecule has 0 aliphatic rings. The third-order valence-electron chi connectivity index (χ3n) is 3.41. The molecule has 0 saturated heterocycles. The first kappa shape index (κ1) is 18.0. The summed E-state index contributed by atoms with van der Waals surface area (Å²) in [6.07, 6.45) is 3.10. The van der Waals surface area contributed by atoms with Crippen LogP contribution in [0, 0.1) is 18.3 Å². The number of nitrogens with one attached hydrogen (secondary N) is 2. The third kappa shape index (κ3) is 6.32. The number of nitrogens with zero attached hydrogens (tertiary/aromatic N) is 1. The van der Waals surface area contributed by atoms with Gasteiger partial charge in [-0.1, -0.05) is 42.0 Å². The van der Waals surface area contributed by atoms with Gasteiger partial charge < -0.3 is 10.6 Å². The van der Waals surface area contributed by atoms with E-state index in [0.717, 1.165) is 16.7 Å². The molecule has 0 heterocycles. The highest BCUT2D eigenvalue weighted by atomic mass is 16.2. The fraction of sp³-hybridized carbons (Fsp3) is 0.150. The highest BCUT2D eigenvalue weighted by Gasteiger charge is 2.02. The van der Waals surface area contributed by atoms with Crippen molar-refractivity contribution in [3.8, 4) is 6.07 Å². The van der Waals surface area contributed by atoms with Crippen LogP contribution in [0.3, 0.4) is 0 Å². The van der Waals surface area contributed by atoms with Crippen LogP contribution >= 0.6 is 0 Å². The lowest BCUT2D eigenvalue weighted by Crippen LogP contribution is -2.20. The number of benzene rings is 2. The first-order valence-electron chi connectivity index (χ1n) is 7.85. The van der Waals surface area contributed by atoms with Crippen LogP contribution in [-0.4, -0.2) is 11.8 Å². The van der Waals surface area contributed by atoms with Gasteiger partial charge in [0.2, 0.25) is 11.8 Å². The summed E-state index contributed by atoms with van der Waals surface area (Å²) in [5.74, 6) is -0.516. The molecule has 0 aliphatic carbocycles. The van der Waals surface area contributed by atoms with Crippen LogP contribution < -0.4 is 10.6 Å². The monoisotopic (exact) mass is 333 g/mol. The van der Waals surface area contributed by atoms with Gasteiger partial charge in [0.1, 0.15) is 6.42 Å². The molecule has 2 aromatic rings. The molecule has 2 N–H and O–H groups in total. The van der Waals surface area contributed by atoms with Crippen molar-refractivity contribution in [2.75, 3.05) is 5.32 Å². The van der Waals surface area contributed by atoms with Crippen LogP contribution in [0.5, 0.6) is 0 Å². The molecule has 0 bridgehead atoms. The number of carbonyl (C=O) groups excluding carboxylic acids is 2. The second-order valence-electron chi connectivity index (χ2n) is 5.55. The molecule has 0 unspecified atom stereocenters. The van der Waals surface area contributed by atoms with Crippen molar-refractivity contribution in [1.82, 2.24) is 5.32 Å². The predicted octanol–water partition coefficient (Wildman–Crippen LogP) is 3.18. The first-order valence-corrected chi connectivity index (χ1v) is 7.85. The summed E-state index contributed by atoms with van der Waals surface area (Å²) in [7, 11) is 0. The van der Waals surface area contributed by atoms with Crippen molar-refractivity contribution >= 4 is 23.6 Å². The summed E-state index contributed by atoms with van der Waals surface area (Å²) in [6, 6.07) is 16.8. The molecule has 25 heavy (non-hydrogen) atoms. The summed E-state index contributed by atoms with van der Waals surface area (Å²) < 4.78 is 0. The van der Waals surface area contributed by atoms with Gasteiger partial charge in [-0.05, 0) is 36.3 Å². The lowest BCUT2D eigenvalue weighted by Gasteiger charge is -2.06. The van der Waals surface area contributed by atoms with Gasteiger partial charge in [-0.3, -0.25) is 9.59 Å². The average Bonchev–Trinajstić information content (AvgIpc) is 2.59. The van der Waals surface area contributed by atoms with Crippen molar-refractivity contribution in [2.24, 2.45) is 0 Å². The van der Waals surface area contributed by atoms with E-state index in [4.69, 9.17) is 5.26 Å². The molecular weight excluding hydrogens is 314 g/mol. The topological polar surface area (TPSA) is 82.0 Å². The molecule has 0 spiro atoms. The maximum atomic E-state index is 11.9. The van der Waals surface area contributed by atoms with E-state index in [1.807, 2.05) is 43.3 Å². The zero-order valence-electron chi connectivity index (χ0n) is 14.0. The van der Waals surface area contributed by atoms with Gasteiger partial charge in [0, 0.05) is 18.3 Å². The number of carbonyl (C=O) groups is 2. The Hall–Kier alpha value is -3.39. The molecule has 0 aliphatic heterocycles. The Morgan fingerprint density at radius 2 is 1.92 bits per heavy atom. The summed E-state index contributed by atoms with van der Waals surface area (Å²) >= 11 is 0. The number of amides is 2. The van der Waals surface area contributed by atoms with E-state index in [1.54, 1.807) is 24.3 Å². The standard InChI is InChI=1S/C20H19N3O2/c1-15-3-2-4-16(13-15)7-10-19(24)22-14-17-5-8-18(9-6-17)23-20(25)11-12-21/h2-10,13H,11,14H2,1H3,(H,22,24)(H,23,25)/b10-7+. The van der Waals surface area contributed by atoms with Gasteiger partial charge in [-0.15, -0.1) is 0 Å². The Morgan fingerprint density at radius 3 is 2.60 bits per heavy atom. The van der Waals surface area contributed by atoms with Gasteiger partial charge in [0.25, 0.3) is 0 Å². The number of nitriles is 1. The molecule has 5 heteroatoms. The number of hydrogen-bond acceptors (Lipinski definition) is 3. The molecule has 0 atom stereocenters. The molecule has 2 rings (SSSR count). The van der Waals surface area contributed by atoms with Crippen molar-refractivity contribution < 1.29 is 9.59 Å². The second kappa shape index (κ2) is 9.04. The van der Waals surface area contributed by atoms with Crippen LogP contribution in [0.25, 0.3) is 6.08 Å². The SMILES string of the molecule is Cc1cccc(/C=C/C(=O)NCc2ccc(NC(=O)CC#N)cc2)c1. The Morgan fingerprint density at radius 1 is 1.16 bits per heavy atom. The second-order valence-corrected chi connectivity index (χ2v) is 5.55. The fourth-order valence-corrected chi connectivity index (χ4v) is 2.18. The van der Waals surface area contributed by atoms with E-state index >= 15 is 0 Å². The highest BCUT2D eigenvalue weighted by molar-refractivity contribution is 5.92. The van der Waals surface area contributed by atoms with Crippen LogP contribution in [0.15, 0.2) is 54.6 Å². The van der Waals surface area contributed by atoms with Crippen molar-refractivity contribution in [2.45, 2.75) is 19.9 Å². The molecule has 2 aromatic carbocycles. The van der Waals surface area contributed by atoms with E-state index in [2.05, 4.69) is 10.6 Å². The van der Waals surface area contributed by atoms with Gasteiger partial charge in [-0.25, -0.2) is 0 Å². The Kier molecular flexibility index (Phi) is 6.49. The summed E-state index contributed by atoms with van der Waals surface area (Å²) in [4.78, 5) is 23.2. The molecule has 126 valence electrons. The quantitative estimate of drug-likeness (QED) is 0.797. The molecule has 2 amide bonds. The molecule has 0 fully saturated rings. The average molecular weight is 333 g/mol. The maximum Gasteiger partial charge on any atom is 0.244 e. The minimum atomic E-state index is -0.343.